The molecule has 1 fully saturated rings. The molecule has 0 unspecified atom stereocenters. The van der Waals surface area contributed by atoms with Crippen molar-refractivity contribution in [2.24, 2.45) is 0 Å². The van der Waals surface area contributed by atoms with Crippen molar-refractivity contribution in [1.82, 2.24) is 10.2 Å². The molecule has 4 heteroatoms. The lowest BCUT2D eigenvalue weighted by Crippen LogP contribution is -2.46. The quantitative estimate of drug-likeness (QED) is 0.710. The molecular weight excluding hydrogens is 192 g/mol. The van der Waals surface area contributed by atoms with Crippen LogP contribution in [0.2, 0.25) is 0 Å². The van der Waals surface area contributed by atoms with Crippen LogP contribution in [-0.2, 0) is 4.79 Å². The van der Waals surface area contributed by atoms with Gasteiger partial charge in [-0.3, -0.25) is 4.79 Å². The highest BCUT2D eigenvalue weighted by atomic mass is 16.3. The van der Waals surface area contributed by atoms with Gasteiger partial charge in [0.25, 0.3) is 0 Å². The fourth-order valence-electron chi connectivity index (χ4n) is 1.99. The summed E-state index contributed by atoms with van der Waals surface area (Å²) >= 11 is 0. The second kappa shape index (κ2) is 5.47. The van der Waals surface area contributed by atoms with Crippen LogP contribution in [0.5, 0.6) is 0 Å². The van der Waals surface area contributed by atoms with Crippen LogP contribution in [-0.4, -0.2) is 48.7 Å². The number of carbonyl (C=O) groups excluding carboxylic acids is 1. The van der Waals surface area contributed by atoms with E-state index in [9.17, 15) is 9.90 Å². The van der Waals surface area contributed by atoms with Gasteiger partial charge in [0.1, 0.15) is 0 Å². The van der Waals surface area contributed by atoms with E-state index in [-0.39, 0.29) is 5.91 Å². The van der Waals surface area contributed by atoms with Gasteiger partial charge in [0.2, 0.25) is 5.91 Å². The summed E-state index contributed by atoms with van der Waals surface area (Å²) in [6.45, 7) is 0.787. The zero-order valence-corrected chi connectivity index (χ0v) is 9.75. The summed E-state index contributed by atoms with van der Waals surface area (Å²) < 4.78 is 0. The Kier molecular flexibility index (Phi) is 4.54. The van der Waals surface area contributed by atoms with Gasteiger partial charge >= 0.3 is 0 Å². The average molecular weight is 214 g/mol. The number of carbonyl (C=O) groups is 1. The Morgan fingerprint density at radius 1 is 1.33 bits per heavy atom. The molecular formula is C11H22N2O2. The molecule has 0 saturated heterocycles. The Balaban J connectivity index is 2.25. The highest BCUT2D eigenvalue weighted by molar-refractivity contribution is 5.78. The summed E-state index contributed by atoms with van der Waals surface area (Å²) in [6.07, 6.45) is 4.97. The smallest absolute Gasteiger partial charge is 0.234 e. The number of rotatable bonds is 4. The van der Waals surface area contributed by atoms with E-state index in [1.807, 2.05) is 19.0 Å². The fourth-order valence-corrected chi connectivity index (χ4v) is 1.99. The Morgan fingerprint density at radius 2 is 1.93 bits per heavy atom. The van der Waals surface area contributed by atoms with Gasteiger partial charge in [-0.1, -0.05) is 19.3 Å². The van der Waals surface area contributed by atoms with Crippen molar-refractivity contribution in [3.63, 3.8) is 0 Å². The lowest BCUT2D eigenvalue weighted by Gasteiger charge is -2.32. The highest BCUT2D eigenvalue weighted by Gasteiger charge is 2.29. The minimum Gasteiger partial charge on any atom is -0.388 e. The van der Waals surface area contributed by atoms with E-state index in [0.717, 1.165) is 25.7 Å². The summed E-state index contributed by atoms with van der Waals surface area (Å²) in [4.78, 5) is 13.2. The minimum absolute atomic E-state index is 0.0148. The van der Waals surface area contributed by atoms with Gasteiger partial charge in [-0.15, -0.1) is 0 Å². The average Bonchev–Trinajstić information content (AvgIpc) is 2.15. The third-order valence-corrected chi connectivity index (χ3v) is 2.86. The first-order valence-corrected chi connectivity index (χ1v) is 5.66. The van der Waals surface area contributed by atoms with Crippen molar-refractivity contribution in [3.05, 3.63) is 0 Å². The first-order chi connectivity index (χ1) is 7.02. The first-order valence-electron chi connectivity index (χ1n) is 5.66. The summed E-state index contributed by atoms with van der Waals surface area (Å²) in [5, 5.41) is 12.9. The molecule has 15 heavy (non-hydrogen) atoms. The van der Waals surface area contributed by atoms with E-state index in [2.05, 4.69) is 5.32 Å². The predicted octanol–water partition coefficient (Wildman–Crippen LogP) is 0.359. The topological polar surface area (TPSA) is 52.6 Å². The zero-order chi connectivity index (χ0) is 11.3. The number of amides is 1. The van der Waals surface area contributed by atoms with Gasteiger partial charge in [-0.05, 0) is 26.9 Å². The Bertz CT molecular complexity index is 211. The van der Waals surface area contributed by atoms with Crippen molar-refractivity contribution in [2.45, 2.75) is 37.7 Å². The van der Waals surface area contributed by atoms with Crippen LogP contribution in [0.15, 0.2) is 0 Å². The van der Waals surface area contributed by atoms with Gasteiger partial charge in [0.05, 0.1) is 12.1 Å². The predicted molar refractivity (Wildman–Crippen MR) is 59.6 cm³/mol. The molecule has 0 heterocycles. The van der Waals surface area contributed by atoms with Gasteiger partial charge in [-0.2, -0.15) is 0 Å². The number of nitrogens with one attached hydrogen (secondary N) is 1. The normalized spacial score (nSPS) is 20.3. The van der Waals surface area contributed by atoms with Crippen LogP contribution >= 0.6 is 0 Å². The Morgan fingerprint density at radius 3 is 2.47 bits per heavy atom. The molecule has 1 saturated carbocycles. The Hall–Kier alpha value is -0.610. The fraction of sp³-hybridized carbons (Fsp3) is 0.909. The molecule has 0 aliphatic heterocycles. The van der Waals surface area contributed by atoms with E-state index < -0.39 is 5.60 Å². The van der Waals surface area contributed by atoms with Crippen LogP contribution in [0.1, 0.15) is 32.1 Å². The van der Waals surface area contributed by atoms with Gasteiger partial charge in [-0.25, -0.2) is 0 Å². The van der Waals surface area contributed by atoms with Gasteiger partial charge in [0.15, 0.2) is 0 Å². The molecule has 0 aromatic heterocycles. The van der Waals surface area contributed by atoms with Crippen LogP contribution in [0.25, 0.3) is 0 Å². The standard InChI is InChI=1S/C11H22N2O2/c1-13(2)8-10(14)12-9-11(15)6-4-3-5-7-11/h15H,3-9H2,1-2H3,(H,12,14). The van der Waals surface area contributed by atoms with Gasteiger partial charge < -0.3 is 15.3 Å². The van der Waals surface area contributed by atoms with E-state index in [1.165, 1.54) is 6.42 Å². The molecule has 1 aliphatic rings. The van der Waals surface area contributed by atoms with E-state index in [1.54, 1.807) is 0 Å². The molecule has 0 aromatic carbocycles. The minimum atomic E-state index is -0.653. The molecule has 1 aliphatic carbocycles. The monoisotopic (exact) mass is 214 g/mol. The number of likely N-dealkylation sites (N-methyl/N-ethyl adjacent to an activating group) is 1. The summed E-state index contributed by atoms with van der Waals surface area (Å²) in [7, 11) is 3.71. The maximum Gasteiger partial charge on any atom is 0.234 e. The molecule has 0 aromatic rings. The summed E-state index contributed by atoms with van der Waals surface area (Å²) in [5.74, 6) is -0.0148. The molecule has 2 N–H and O–H groups in total. The SMILES string of the molecule is CN(C)CC(=O)NCC1(O)CCCCC1. The molecule has 0 atom stereocenters. The largest absolute Gasteiger partial charge is 0.388 e. The molecule has 0 radical (unpaired) electrons. The third-order valence-electron chi connectivity index (χ3n) is 2.86. The second-order valence-corrected chi connectivity index (χ2v) is 4.80. The third kappa shape index (κ3) is 4.62. The van der Waals surface area contributed by atoms with Crippen molar-refractivity contribution >= 4 is 5.91 Å². The van der Waals surface area contributed by atoms with Crippen LogP contribution in [0.4, 0.5) is 0 Å². The summed E-state index contributed by atoms with van der Waals surface area (Å²) in [6, 6.07) is 0. The molecule has 4 nitrogen and oxygen atoms in total. The highest BCUT2D eigenvalue weighted by Crippen LogP contribution is 2.27. The molecule has 88 valence electrons. The van der Waals surface area contributed by atoms with Crippen molar-refractivity contribution in [1.29, 1.82) is 0 Å². The van der Waals surface area contributed by atoms with Crippen molar-refractivity contribution in [2.75, 3.05) is 27.2 Å². The molecule has 0 bridgehead atoms. The number of hydrogen-bond acceptors (Lipinski definition) is 3. The van der Waals surface area contributed by atoms with Crippen LogP contribution < -0.4 is 5.32 Å². The van der Waals surface area contributed by atoms with Crippen molar-refractivity contribution < 1.29 is 9.90 Å². The number of hydrogen-bond donors (Lipinski definition) is 2. The van der Waals surface area contributed by atoms with E-state index in [0.29, 0.717) is 13.1 Å². The number of nitrogens with zero attached hydrogens (tertiary/aromatic N) is 1. The maximum absolute atomic E-state index is 11.4. The van der Waals surface area contributed by atoms with E-state index >= 15 is 0 Å². The van der Waals surface area contributed by atoms with E-state index in [4.69, 9.17) is 0 Å². The van der Waals surface area contributed by atoms with Crippen molar-refractivity contribution in [3.8, 4) is 0 Å². The lowest BCUT2D eigenvalue weighted by atomic mass is 9.85. The molecule has 1 rings (SSSR count). The van der Waals surface area contributed by atoms with Crippen LogP contribution in [0.3, 0.4) is 0 Å². The summed E-state index contributed by atoms with van der Waals surface area (Å²) in [5.41, 5.74) is -0.653. The van der Waals surface area contributed by atoms with Gasteiger partial charge in [0, 0.05) is 6.54 Å². The first kappa shape index (κ1) is 12.5. The number of aliphatic hydroxyl groups is 1. The second-order valence-electron chi connectivity index (χ2n) is 4.80. The molecule has 1 amide bonds. The maximum atomic E-state index is 11.4. The Labute approximate surface area is 91.6 Å². The van der Waals surface area contributed by atoms with Crippen LogP contribution in [0, 0.1) is 0 Å². The lowest BCUT2D eigenvalue weighted by molar-refractivity contribution is -0.123. The zero-order valence-electron chi connectivity index (χ0n) is 9.75. The molecule has 0 spiro atoms.